The molecule has 0 aliphatic carbocycles. The second-order valence-electron chi connectivity index (χ2n) is 7.79. The number of pyridine rings is 1. The smallest absolute Gasteiger partial charge is 0.375 e. The first-order valence-corrected chi connectivity index (χ1v) is 10.2. The van der Waals surface area contributed by atoms with E-state index < -0.39 is 35.6 Å². The first-order chi connectivity index (χ1) is 16.0. The highest BCUT2D eigenvalue weighted by atomic mass is 19.4. The molecule has 34 heavy (non-hydrogen) atoms. The molecule has 2 heterocycles. The molecule has 0 radical (unpaired) electrons. The molecule has 2 aromatic heterocycles. The van der Waals surface area contributed by atoms with Gasteiger partial charge in [-0.25, -0.2) is 14.1 Å². The molecule has 176 valence electrons. The Morgan fingerprint density at radius 1 is 1.12 bits per heavy atom. The molecule has 0 aliphatic rings. The number of hydrogen-bond acceptors (Lipinski definition) is 5. The number of nitrogens with zero attached hydrogens (tertiary/aromatic N) is 4. The van der Waals surface area contributed by atoms with E-state index >= 15 is 0 Å². The van der Waals surface area contributed by atoms with Crippen LogP contribution in [0.5, 0.6) is 0 Å². The van der Waals surface area contributed by atoms with Crippen molar-refractivity contribution < 1.29 is 27.5 Å². The van der Waals surface area contributed by atoms with Gasteiger partial charge in [0.05, 0.1) is 18.3 Å². The fourth-order valence-corrected chi connectivity index (χ4v) is 3.65. The Kier molecular flexibility index (Phi) is 5.82. The topological polar surface area (TPSA) is 107 Å². The molecule has 0 fully saturated rings. The lowest BCUT2D eigenvalue weighted by Gasteiger charge is -2.26. The van der Waals surface area contributed by atoms with Crippen LogP contribution in [0.2, 0.25) is 0 Å². The van der Waals surface area contributed by atoms with Crippen molar-refractivity contribution in [1.29, 1.82) is 0 Å². The molecule has 0 spiro atoms. The summed E-state index contributed by atoms with van der Waals surface area (Å²) >= 11 is 0. The second kappa shape index (κ2) is 8.49. The standard InChI is InChI=1S/C23H19F4N5O2/c1-2-22(34,23(25,26)27)20-12-32(31-30-20)11-13-3-8-16-17(14-4-6-15(24)7-5-14)10-19(21(28)33)29-18(16)9-13/h3-10,12,34H,2,11H2,1H3,(H2,28,33)/t22-/m1/s1. The van der Waals surface area contributed by atoms with Crippen molar-refractivity contribution in [3.8, 4) is 11.1 Å². The highest BCUT2D eigenvalue weighted by Gasteiger charge is 2.55. The van der Waals surface area contributed by atoms with Gasteiger partial charge in [0, 0.05) is 5.39 Å². The maximum Gasteiger partial charge on any atom is 0.423 e. The minimum atomic E-state index is -4.91. The average Bonchev–Trinajstić information content (AvgIpc) is 3.26. The highest BCUT2D eigenvalue weighted by molar-refractivity contribution is 6.00. The first kappa shape index (κ1) is 23.3. The monoisotopic (exact) mass is 473 g/mol. The highest BCUT2D eigenvalue weighted by Crippen LogP contribution is 2.40. The number of rotatable bonds is 6. The zero-order valence-corrected chi connectivity index (χ0v) is 17.8. The molecule has 0 saturated heterocycles. The van der Waals surface area contributed by atoms with E-state index in [9.17, 15) is 27.5 Å². The zero-order valence-electron chi connectivity index (χ0n) is 17.8. The summed E-state index contributed by atoms with van der Waals surface area (Å²) in [7, 11) is 0. The van der Waals surface area contributed by atoms with Crippen LogP contribution in [-0.2, 0) is 12.1 Å². The molecule has 0 aliphatic heterocycles. The summed E-state index contributed by atoms with van der Waals surface area (Å²) in [6.45, 7) is 1.24. The summed E-state index contributed by atoms with van der Waals surface area (Å²) in [6, 6.07) is 12.3. The number of carbonyl (C=O) groups excluding carboxylic acids is 1. The van der Waals surface area contributed by atoms with Gasteiger partial charge in [0.25, 0.3) is 5.91 Å². The largest absolute Gasteiger partial charge is 0.423 e. The lowest BCUT2D eigenvalue weighted by Crippen LogP contribution is -2.42. The number of hydrogen-bond donors (Lipinski definition) is 2. The van der Waals surface area contributed by atoms with E-state index in [1.54, 1.807) is 30.3 Å². The summed E-state index contributed by atoms with van der Waals surface area (Å²) in [5.74, 6) is -1.16. The van der Waals surface area contributed by atoms with Gasteiger partial charge in [-0.15, -0.1) is 5.10 Å². The molecule has 7 nitrogen and oxygen atoms in total. The van der Waals surface area contributed by atoms with E-state index in [-0.39, 0.29) is 12.2 Å². The maximum atomic E-state index is 13.4. The average molecular weight is 473 g/mol. The normalized spacial score (nSPS) is 13.7. The van der Waals surface area contributed by atoms with E-state index in [0.717, 1.165) is 6.20 Å². The van der Waals surface area contributed by atoms with Gasteiger partial charge in [0.1, 0.15) is 17.2 Å². The lowest BCUT2D eigenvalue weighted by molar-refractivity contribution is -0.269. The summed E-state index contributed by atoms with van der Waals surface area (Å²) in [6.07, 6.45) is -4.48. The zero-order chi connectivity index (χ0) is 24.7. The van der Waals surface area contributed by atoms with Crippen molar-refractivity contribution in [3.63, 3.8) is 0 Å². The summed E-state index contributed by atoms with van der Waals surface area (Å²) in [5.41, 5.74) is 4.02. The van der Waals surface area contributed by atoms with E-state index in [4.69, 9.17) is 5.73 Å². The van der Waals surface area contributed by atoms with Crippen LogP contribution in [0.4, 0.5) is 17.6 Å². The number of primary amides is 1. The van der Waals surface area contributed by atoms with Gasteiger partial charge in [-0.3, -0.25) is 4.79 Å². The van der Waals surface area contributed by atoms with Crippen LogP contribution >= 0.6 is 0 Å². The molecule has 4 rings (SSSR count). The Morgan fingerprint density at radius 2 is 1.82 bits per heavy atom. The Balaban J connectivity index is 1.73. The van der Waals surface area contributed by atoms with Crippen molar-refractivity contribution >= 4 is 16.8 Å². The van der Waals surface area contributed by atoms with Crippen LogP contribution < -0.4 is 5.73 Å². The molecule has 1 atom stereocenters. The Hall–Kier alpha value is -3.86. The molecule has 1 amide bonds. The number of benzene rings is 2. The minimum absolute atomic E-state index is 0.00482. The van der Waals surface area contributed by atoms with E-state index in [1.165, 1.54) is 29.8 Å². The third-order valence-corrected chi connectivity index (χ3v) is 5.57. The summed E-state index contributed by atoms with van der Waals surface area (Å²) in [4.78, 5) is 16.1. The number of fused-ring (bicyclic) bond motifs is 1. The maximum absolute atomic E-state index is 13.4. The molecule has 4 aromatic rings. The van der Waals surface area contributed by atoms with Crippen molar-refractivity contribution in [2.45, 2.75) is 31.7 Å². The number of halogens is 4. The van der Waals surface area contributed by atoms with Gasteiger partial charge in [-0.1, -0.05) is 36.4 Å². The van der Waals surface area contributed by atoms with Gasteiger partial charge >= 0.3 is 6.18 Å². The first-order valence-electron chi connectivity index (χ1n) is 10.2. The number of amides is 1. The number of carbonyl (C=O) groups is 1. The quantitative estimate of drug-likeness (QED) is 0.413. The number of alkyl halides is 3. The van der Waals surface area contributed by atoms with Crippen molar-refractivity contribution in [2.24, 2.45) is 5.73 Å². The molecule has 3 N–H and O–H groups in total. The van der Waals surface area contributed by atoms with Gasteiger partial charge in [-0.2, -0.15) is 13.2 Å². The third kappa shape index (κ3) is 4.21. The second-order valence-corrected chi connectivity index (χ2v) is 7.79. The Morgan fingerprint density at radius 3 is 2.44 bits per heavy atom. The van der Waals surface area contributed by atoms with Gasteiger partial charge < -0.3 is 10.8 Å². The molecule has 0 saturated carbocycles. The van der Waals surface area contributed by atoms with Crippen LogP contribution in [0.15, 0.2) is 54.7 Å². The van der Waals surface area contributed by atoms with Crippen molar-refractivity contribution in [3.05, 3.63) is 77.5 Å². The van der Waals surface area contributed by atoms with Gasteiger partial charge in [0.2, 0.25) is 5.60 Å². The van der Waals surface area contributed by atoms with E-state index in [0.29, 0.717) is 27.6 Å². The number of nitrogens with two attached hydrogens (primary N) is 1. The number of aromatic nitrogens is 4. The predicted molar refractivity (Wildman–Crippen MR) is 115 cm³/mol. The molecular weight excluding hydrogens is 454 g/mol. The Labute approximate surface area is 190 Å². The minimum Gasteiger partial charge on any atom is -0.375 e. The molecule has 11 heteroatoms. The van der Waals surface area contributed by atoms with Crippen LogP contribution in [0.3, 0.4) is 0 Å². The van der Waals surface area contributed by atoms with Crippen molar-refractivity contribution in [2.75, 3.05) is 0 Å². The van der Waals surface area contributed by atoms with Crippen LogP contribution in [0, 0.1) is 5.82 Å². The van der Waals surface area contributed by atoms with E-state index in [2.05, 4.69) is 15.3 Å². The Bertz CT molecular complexity index is 1370. The lowest BCUT2D eigenvalue weighted by atomic mass is 9.96. The van der Waals surface area contributed by atoms with Crippen LogP contribution in [-0.4, -0.2) is 37.2 Å². The number of aliphatic hydroxyl groups is 1. The molecule has 0 bridgehead atoms. The molecule has 0 unspecified atom stereocenters. The predicted octanol–water partition coefficient (Wildman–Crippen LogP) is 3.94. The van der Waals surface area contributed by atoms with Gasteiger partial charge in [-0.05, 0) is 47.4 Å². The summed E-state index contributed by atoms with van der Waals surface area (Å²) in [5, 5.41) is 18.0. The van der Waals surface area contributed by atoms with Gasteiger partial charge in [0.15, 0.2) is 0 Å². The molecule has 2 aromatic carbocycles. The van der Waals surface area contributed by atoms with Crippen LogP contribution in [0.1, 0.15) is 35.1 Å². The van der Waals surface area contributed by atoms with Crippen LogP contribution in [0.25, 0.3) is 22.0 Å². The summed E-state index contributed by atoms with van der Waals surface area (Å²) < 4.78 is 54.5. The third-order valence-electron chi connectivity index (χ3n) is 5.57. The SMILES string of the molecule is CC[C@@](O)(c1cn(Cc2ccc3c(-c4ccc(F)cc4)cc(C(N)=O)nc3c2)nn1)C(F)(F)F. The fraction of sp³-hybridized carbons (Fsp3) is 0.217. The van der Waals surface area contributed by atoms with E-state index in [1.807, 2.05) is 0 Å². The molecular formula is C23H19F4N5O2. The fourth-order valence-electron chi connectivity index (χ4n) is 3.65. The van der Waals surface area contributed by atoms with Crippen molar-refractivity contribution in [1.82, 2.24) is 20.0 Å².